The first kappa shape index (κ1) is 17.1. The highest BCUT2D eigenvalue weighted by Crippen LogP contribution is 2.38. The predicted octanol–water partition coefficient (Wildman–Crippen LogP) is 5.33. The van der Waals surface area contributed by atoms with Crippen molar-refractivity contribution in [1.29, 1.82) is 0 Å². The van der Waals surface area contributed by atoms with Gasteiger partial charge in [-0.15, -0.1) is 11.3 Å². The van der Waals surface area contributed by atoms with Crippen molar-refractivity contribution in [2.45, 2.75) is 32.6 Å². The van der Waals surface area contributed by atoms with Crippen LogP contribution in [0.3, 0.4) is 0 Å². The fraction of sp³-hybridized carbons (Fsp3) is 0.381. The Bertz CT molecular complexity index is 779. The van der Waals surface area contributed by atoms with E-state index in [2.05, 4.69) is 67.2 Å². The molecule has 1 unspecified atom stereocenters. The van der Waals surface area contributed by atoms with Crippen LogP contribution in [0.4, 0.5) is 0 Å². The van der Waals surface area contributed by atoms with Gasteiger partial charge < -0.3 is 4.90 Å². The van der Waals surface area contributed by atoms with Crippen LogP contribution < -0.4 is 0 Å². The van der Waals surface area contributed by atoms with Gasteiger partial charge in [-0.1, -0.05) is 38.1 Å². The number of thiophene rings is 1. The Morgan fingerprint density at radius 2 is 1.88 bits per heavy atom. The zero-order valence-corrected chi connectivity index (χ0v) is 15.6. The van der Waals surface area contributed by atoms with Gasteiger partial charge in [0.25, 0.3) is 0 Å². The predicted molar refractivity (Wildman–Crippen MR) is 105 cm³/mol. The highest BCUT2D eigenvalue weighted by molar-refractivity contribution is 7.19. The molecular weight excluding hydrogens is 312 g/mol. The van der Waals surface area contributed by atoms with Gasteiger partial charge in [0.15, 0.2) is 0 Å². The van der Waals surface area contributed by atoms with E-state index in [1.165, 1.54) is 26.9 Å². The second-order valence-electron chi connectivity index (χ2n) is 6.46. The number of aromatic nitrogens is 1. The molecular formula is C21H26N2S. The van der Waals surface area contributed by atoms with E-state index < -0.39 is 0 Å². The van der Waals surface area contributed by atoms with Crippen molar-refractivity contribution in [1.82, 2.24) is 9.88 Å². The van der Waals surface area contributed by atoms with E-state index in [-0.39, 0.29) is 0 Å². The van der Waals surface area contributed by atoms with Gasteiger partial charge >= 0.3 is 0 Å². The molecule has 1 aromatic carbocycles. The molecule has 0 saturated carbocycles. The highest BCUT2D eigenvalue weighted by atomic mass is 32.1. The molecule has 0 aliphatic heterocycles. The fourth-order valence-electron chi connectivity index (χ4n) is 3.34. The minimum Gasteiger partial charge on any atom is -0.306 e. The monoisotopic (exact) mass is 338 g/mol. The minimum absolute atomic E-state index is 0.328. The van der Waals surface area contributed by atoms with E-state index in [1.807, 2.05) is 23.6 Å². The third-order valence-corrected chi connectivity index (χ3v) is 5.85. The highest BCUT2D eigenvalue weighted by Gasteiger charge is 2.19. The van der Waals surface area contributed by atoms with E-state index in [0.29, 0.717) is 5.92 Å². The minimum atomic E-state index is 0.328. The van der Waals surface area contributed by atoms with Crippen LogP contribution in [0, 0.1) is 0 Å². The first-order valence-electron chi connectivity index (χ1n) is 8.80. The summed E-state index contributed by atoms with van der Waals surface area (Å²) >= 11 is 1.95. The molecule has 0 amide bonds. The fourth-order valence-corrected chi connectivity index (χ4v) is 4.63. The lowest BCUT2D eigenvalue weighted by Crippen LogP contribution is -2.22. The zero-order valence-electron chi connectivity index (χ0n) is 14.8. The van der Waals surface area contributed by atoms with E-state index in [1.54, 1.807) is 0 Å². The number of hydrogen-bond acceptors (Lipinski definition) is 3. The topological polar surface area (TPSA) is 16.1 Å². The number of rotatable bonds is 7. The van der Waals surface area contributed by atoms with E-state index >= 15 is 0 Å². The number of nitrogens with zero attached hydrogens (tertiary/aromatic N) is 2. The van der Waals surface area contributed by atoms with Crippen LogP contribution in [-0.2, 0) is 6.42 Å². The Morgan fingerprint density at radius 3 is 2.62 bits per heavy atom. The third-order valence-electron chi connectivity index (χ3n) is 4.60. The number of hydrogen-bond donors (Lipinski definition) is 0. The summed E-state index contributed by atoms with van der Waals surface area (Å²) in [5.41, 5.74) is 2.63. The molecule has 0 fully saturated rings. The summed E-state index contributed by atoms with van der Waals surface area (Å²) in [4.78, 5) is 8.54. The number of likely N-dealkylation sites (N-methyl/N-ethyl adjacent to an activating group) is 1. The summed E-state index contributed by atoms with van der Waals surface area (Å²) in [6.07, 6.45) is 4.22. The van der Waals surface area contributed by atoms with Gasteiger partial charge in [0.05, 0.1) is 0 Å². The third kappa shape index (κ3) is 3.68. The average molecular weight is 339 g/mol. The largest absolute Gasteiger partial charge is 0.306 e. The second kappa shape index (κ2) is 7.91. The Labute approximate surface area is 149 Å². The van der Waals surface area contributed by atoms with Crippen LogP contribution in [0.1, 0.15) is 42.3 Å². The Hall–Kier alpha value is -1.71. The first-order chi connectivity index (χ1) is 11.7. The molecule has 126 valence electrons. The van der Waals surface area contributed by atoms with Crippen LogP contribution in [0.5, 0.6) is 0 Å². The van der Waals surface area contributed by atoms with E-state index in [4.69, 9.17) is 0 Å². The average Bonchev–Trinajstić information content (AvgIpc) is 2.99. The second-order valence-corrected chi connectivity index (χ2v) is 7.60. The Kier molecular flexibility index (Phi) is 5.64. The number of fused-ring (bicyclic) bond motifs is 1. The van der Waals surface area contributed by atoms with Gasteiger partial charge in [0, 0.05) is 33.9 Å². The van der Waals surface area contributed by atoms with Crippen molar-refractivity contribution < 1.29 is 0 Å². The molecule has 0 aliphatic rings. The van der Waals surface area contributed by atoms with Gasteiger partial charge in [-0.3, -0.25) is 4.98 Å². The van der Waals surface area contributed by atoms with Crippen molar-refractivity contribution in [3.05, 3.63) is 64.8 Å². The summed E-state index contributed by atoms with van der Waals surface area (Å²) in [6.45, 7) is 6.80. The Morgan fingerprint density at radius 1 is 1.08 bits per heavy atom. The smallest absolute Gasteiger partial charge is 0.0476 e. The summed E-state index contributed by atoms with van der Waals surface area (Å²) in [6, 6.07) is 15.0. The van der Waals surface area contributed by atoms with Crippen LogP contribution in [-0.4, -0.2) is 30.0 Å². The van der Waals surface area contributed by atoms with Crippen molar-refractivity contribution in [3.8, 4) is 0 Å². The lowest BCUT2D eigenvalue weighted by molar-refractivity contribution is 0.339. The van der Waals surface area contributed by atoms with Crippen LogP contribution in [0.25, 0.3) is 10.1 Å². The first-order valence-corrected chi connectivity index (χ1v) is 9.62. The maximum atomic E-state index is 4.60. The quantitative estimate of drug-likeness (QED) is 0.578. The molecule has 0 bridgehead atoms. The SMILES string of the molecule is CCCN(C)CCc1sc2ccccc2c1C(C)c1ccccn1. The number of pyridine rings is 1. The van der Waals surface area contributed by atoms with Gasteiger partial charge in [0.2, 0.25) is 0 Å². The van der Waals surface area contributed by atoms with Crippen molar-refractivity contribution >= 4 is 21.4 Å². The maximum absolute atomic E-state index is 4.60. The molecule has 24 heavy (non-hydrogen) atoms. The van der Waals surface area contributed by atoms with Crippen LogP contribution in [0.15, 0.2) is 48.7 Å². The van der Waals surface area contributed by atoms with Gasteiger partial charge in [-0.25, -0.2) is 0 Å². The summed E-state index contributed by atoms with van der Waals surface area (Å²) in [7, 11) is 2.22. The van der Waals surface area contributed by atoms with E-state index in [0.717, 1.165) is 25.2 Å². The summed E-state index contributed by atoms with van der Waals surface area (Å²) in [5.74, 6) is 0.328. The lowest BCUT2D eigenvalue weighted by Gasteiger charge is -2.17. The van der Waals surface area contributed by atoms with Gasteiger partial charge in [-0.2, -0.15) is 0 Å². The molecule has 0 saturated heterocycles. The normalized spacial score (nSPS) is 12.8. The summed E-state index contributed by atoms with van der Waals surface area (Å²) in [5, 5.41) is 1.40. The standard InChI is InChI=1S/C21H26N2S/c1-4-14-23(3)15-12-20-21(16(2)18-10-7-8-13-22-18)17-9-5-6-11-19(17)24-20/h5-11,13,16H,4,12,14-15H2,1-3H3. The van der Waals surface area contributed by atoms with Crippen LogP contribution >= 0.6 is 11.3 Å². The maximum Gasteiger partial charge on any atom is 0.0476 e. The van der Waals surface area contributed by atoms with Crippen LogP contribution in [0.2, 0.25) is 0 Å². The molecule has 0 radical (unpaired) electrons. The lowest BCUT2D eigenvalue weighted by atomic mass is 9.93. The number of benzene rings is 1. The Balaban J connectivity index is 1.96. The molecule has 0 aliphatic carbocycles. The molecule has 2 heterocycles. The molecule has 0 N–H and O–H groups in total. The van der Waals surface area contributed by atoms with Crippen molar-refractivity contribution in [3.63, 3.8) is 0 Å². The molecule has 2 nitrogen and oxygen atoms in total. The molecule has 3 aromatic rings. The zero-order chi connectivity index (χ0) is 16.9. The molecule has 1 atom stereocenters. The van der Waals surface area contributed by atoms with Crippen molar-refractivity contribution in [2.75, 3.05) is 20.1 Å². The molecule has 2 aromatic heterocycles. The van der Waals surface area contributed by atoms with Gasteiger partial charge in [0.1, 0.15) is 0 Å². The van der Waals surface area contributed by atoms with E-state index in [9.17, 15) is 0 Å². The van der Waals surface area contributed by atoms with Gasteiger partial charge in [-0.05, 0) is 55.6 Å². The molecule has 3 rings (SSSR count). The van der Waals surface area contributed by atoms with Crippen molar-refractivity contribution in [2.24, 2.45) is 0 Å². The molecule has 3 heteroatoms. The summed E-state index contributed by atoms with van der Waals surface area (Å²) < 4.78 is 1.39. The molecule has 0 spiro atoms.